The lowest BCUT2D eigenvalue weighted by molar-refractivity contribution is 0.0926. The molecule has 1 aliphatic heterocycles. The maximum atomic E-state index is 12.2. The summed E-state index contributed by atoms with van der Waals surface area (Å²) in [6.45, 7) is 0. The van der Waals surface area contributed by atoms with E-state index < -0.39 is 0 Å². The van der Waals surface area contributed by atoms with Crippen molar-refractivity contribution in [1.82, 2.24) is 0 Å². The number of carbonyl (C=O) groups excluding carboxylic acids is 2. The zero-order valence-electron chi connectivity index (χ0n) is 9.83. The van der Waals surface area contributed by atoms with Crippen LogP contribution in [0.25, 0.3) is 0 Å². The van der Waals surface area contributed by atoms with Crippen LogP contribution in [-0.4, -0.2) is 11.8 Å². The smallest absolute Gasteiger partial charge is 0.266 e. The lowest BCUT2D eigenvalue weighted by Crippen LogP contribution is -2.29. The molecule has 2 aromatic carbocycles. The Bertz CT molecular complexity index is 709. The van der Waals surface area contributed by atoms with Gasteiger partial charge < -0.3 is 0 Å². The van der Waals surface area contributed by atoms with Gasteiger partial charge in [0.2, 0.25) is 0 Å². The van der Waals surface area contributed by atoms with Gasteiger partial charge in [-0.25, -0.2) is 4.90 Å². The number of rotatable bonds is 1. The number of fused-ring (bicyclic) bond motifs is 1. The van der Waals surface area contributed by atoms with E-state index in [2.05, 4.69) is 0 Å². The standard InChI is InChI=1S/C15H8N2O2/c16-9-10-4-3-5-11(8-10)17-14(18)12-6-1-2-7-13(12)15(17)19/h1-8H. The van der Waals surface area contributed by atoms with Gasteiger partial charge in [0.05, 0.1) is 28.4 Å². The Morgan fingerprint density at radius 2 is 1.53 bits per heavy atom. The van der Waals surface area contributed by atoms with Crippen molar-refractivity contribution in [1.29, 1.82) is 5.26 Å². The van der Waals surface area contributed by atoms with Crippen molar-refractivity contribution in [3.63, 3.8) is 0 Å². The lowest BCUT2D eigenvalue weighted by atomic mass is 10.1. The highest BCUT2D eigenvalue weighted by Gasteiger charge is 2.36. The quantitative estimate of drug-likeness (QED) is 0.728. The molecule has 2 amide bonds. The van der Waals surface area contributed by atoms with Gasteiger partial charge in [-0.2, -0.15) is 5.26 Å². The van der Waals surface area contributed by atoms with Gasteiger partial charge in [0.1, 0.15) is 0 Å². The summed E-state index contributed by atoms with van der Waals surface area (Å²) in [4.78, 5) is 25.6. The first kappa shape index (κ1) is 11.2. The topological polar surface area (TPSA) is 61.2 Å². The summed E-state index contributed by atoms with van der Waals surface area (Å²) in [5, 5.41) is 8.87. The molecule has 90 valence electrons. The van der Waals surface area contributed by atoms with Crippen molar-refractivity contribution in [3.05, 3.63) is 65.2 Å². The van der Waals surface area contributed by atoms with Crippen LogP contribution in [0, 0.1) is 11.3 Å². The summed E-state index contributed by atoms with van der Waals surface area (Å²) in [7, 11) is 0. The number of nitriles is 1. The first-order valence-corrected chi connectivity index (χ1v) is 5.70. The predicted octanol–water partition coefficient (Wildman–Crippen LogP) is 2.36. The Balaban J connectivity index is 2.12. The largest absolute Gasteiger partial charge is 0.268 e. The molecule has 0 N–H and O–H groups in total. The molecule has 4 heteroatoms. The number of hydrogen-bond donors (Lipinski definition) is 0. The van der Waals surface area contributed by atoms with Gasteiger partial charge in [-0.1, -0.05) is 18.2 Å². The molecule has 1 heterocycles. The fourth-order valence-electron chi connectivity index (χ4n) is 2.14. The minimum Gasteiger partial charge on any atom is -0.268 e. The van der Waals surface area contributed by atoms with Gasteiger partial charge >= 0.3 is 0 Å². The van der Waals surface area contributed by atoms with E-state index in [4.69, 9.17) is 5.26 Å². The zero-order valence-corrected chi connectivity index (χ0v) is 9.83. The van der Waals surface area contributed by atoms with Gasteiger partial charge in [0, 0.05) is 0 Å². The van der Waals surface area contributed by atoms with Gasteiger partial charge in [0.15, 0.2) is 0 Å². The summed E-state index contributed by atoms with van der Waals surface area (Å²) in [6.07, 6.45) is 0. The maximum Gasteiger partial charge on any atom is 0.266 e. The summed E-state index contributed by atoms with van der Waals surface area (Å²) in [5.41, 5.74) is 1.63. The second-order valence-electron chi connectivity index (χ2n) is 4.15. The van der Waals surface area contributed by atoms with Crippen LogP contribution in [0.15, 0.2) is 48.5 Å². The number of nitrogens with zero attached hydrogens (tertiary/aromatic N) is 2. The number of benzene rings is 2. The van der Waals surface area contributed by atoms with E-state index in [1.165, 1.54) is 6.07 Å². The van der Waals surface area contributed by atoms with Crippen LogP contribution in [0.4, 0.5) is 5.69 Å². The van der Waals surface area contributed by atoms with Crippen molar-refractivity contribution < 1.29 is 9.59 Å². The average molecular weight is 248 g/mol. The molecule has 19 heavy (non-hydrogen) atoms. The molecule has 0 saturated carbocycles. The molecule has 0 aliphatic carbocycles. The summed E-state index contributed by atoms with van der Waals surface area (Å²) in [5.74, 6) is -0.702. The first-order chi connectivity index (χ1) is 9.22. The molecule has 1 aliphatic rings. The van der Waals surface area contributed by atoms with Crippen molar-refractivity contribution in [2.45, 2.75) is 0 Å². The van der Waals surface area contributed by atoms with E-state index in [0.717, 1.165) is 4.90 Å². The Morgan fingerprint density at radius 1 is 0.895 bits per heavy atom. The van der Waals surface area contributed by atoms with Gasteiger partial charge in [-0.05, 0) is 30.3 Å². The molecule has 0 spiro atoms. The second kappa shape index (κ2) is 4.07. The Morgan fingerprint density at radius 3 is 2.11 bits per heavy atom. The molecule has 0 fully saturated rings. The molecule has 0 atom stereocenters. The highest BCUT2D eigenvalue weighted by Crippen LogP contribution is 2.28. The third kappa shape index (κ3) is 1.60. The van der Waals surface area contributed by atoms with Crippen molar-refractivity contribution in [3.8, 4) is 6.07 Å². The van der Waals surface area contributed by atoms with Crippen LogP contribution in [0.5, 0.6) is 0 Å². The van der Waals surface area contributed by atoms with E-state index in [-0.39, 0.29) is 11.8 Å². The van der Waals surface area contributed by atoms with Crippen molar-refractivity contribution in [2.75, 3.05) is 4.90 Å². The number of carbonyl (C=O) groups is 2. The van der Waals surface area contributed by atoms with E-state index in [1.807, 2.05) is 6.07 Å². The molecule has 0 radical (unpaired) electrons. The minimum absolute atomic E-state index is 0.351. The summed E-state index contributed by atoms with van der Waals surface area (Å²) < 4.78 is 0. The maximum absolute atomic E-state index is 12.2. The summed E-state index contributed by atoms with van der Waals surface area (Å²) >= 11 is 0. The molecule has 0 aromatic heterocycles. The molecule has 0 unspecified atom stereocenters. The van der Waals surface area contributed by atoms with Gasteiger partial charge in [0.25, 0.3) is 11.8 Å². The highest BCUT2D eigenvalue weighted by molar-refractivity contribution is 6.34. The fourth-order valence-corrected chi connectivity index (χ4v) is 2.14. The number of hydrogen-bond acceptors (Lipinski definition) is 3. The Labute approximate surface area is 109 Å². The third-order valence-corrected chi connectivity index (χ3v) is 3.03. The highest BCUT2D eigenvalue weighted by atomic mass is 16.2. The van der Waals surface area contributed by atoms with Crippen molar-refractivity contribution in [2.24, 2.45) is 0 Å². The molecule has 0 bridgehead atoms. The molecule has 3 rings (SSSR count). The normalized spacial score (nSPS) is 13.3. The number of amides is 2. The Kier molecular flexibility index (Phi) is 2.39. The SMILES string of the molecule is N#Cc1cccc(N2C(=O)c3ccccc3C2=O)c1. The average Bonchev–Trinajstić information content (AvgIpc) is 2.72. The minimum atomic E-state index is -0.351. The monoisotopic (exact) mass is 248 g/mol. The molecule has 2 aromatic rings. The number of anilines is 1. The number of imide groups is 1. The van der Waals surface area contributed by atoms with Gasteiger partial charge in [-0.3, -0.25) is 9.59 Å². The molecule has 0 saturated heterocycles. The van der Waals surface area contributed by atoms with E-state index >= 15 is 0 Å². The Hall–Kier alpha value is -2.93. The molecule has 4 nitrogen and oxygen atoms in total. The summed E-state index contributed by atoms with van der Waals surface area (Å²) in [6, 6.07) is 15.1. The van der Waals surface area contributed by atoms with Crippen LogP contribution in [0.3, 0.4) is 0 Å². The van der Waals surface area contributed by atoms with Crippen molar-refractivity contribution >= 4 is 17.5 Å². The van der Waals surface area contributed by atoms with Crippen LogP contribution in [0.2, 0.25) is 0 Å². The lowest BCUT2D eigenvalue weighted by Gasteiger charge is -2.13. The van der Waals surface area contributed by atoms with Crippen LogP contribution in [0.1, 0.15) is 26.3 Å². The van der Waals surface area contributed by atoms with Crippen LogP contribution >= 0.6 is 0 Å². The van der Waals surface area contributed by atoms with E-state index in [9.17, 15) is 9.59 Å². The fraction of sp³-hybridized carbons (Fsp3) is 0. The first-order valence-electron chi connectivity index (χ1n) is 5.70. The molecular formula is C15H8N2O2. The predicted molar refractivity (Wildman–Crippen MR) is 68.7 cm³/mol. The van der Waals surface area contributed by atoms with E-state index in [0.29, 0.717) is 22.4 Å². The zero-order chi connectivity index (χ0) is 13.4. The third-order valence-electron chi connectivity index (χ3n) is 3.03. The van der Waals surface area contributed by atoms with Gasteiger partial charge in [-0.15, -0.1) is 0 Å². The van der Waals surface area contributed by atoms with Crippen LogP contribution in [-0.2, 0) is 0 Å². The van der Waals surface area contributed by atoms with E-state index in [1.54, 1.807) is 42.5 Å². The van der Waals surface area contributed by atoms with Crippen LogP contribution < -0.4 is 4.90 Å². The molecular weight excluding hydrogens is 240 g/mol. The second-order valence-corrected chi connectivity index (χ2v) is 4.15.